The quantitative estimate of drug-likeness (QED) is 0.741. The van der Waals surface area contributed by atoms with Gasteiger partial charge in [0.1, 0.15) is 0 Å². The standard InChI is InChI=1S/C16H27N3/c1-3-10-19(12-14-8-9-14)13-16-7-5-6-15(18-16)11-17-4-2/h5-7,14,17H,3-4,8-13H2,1-2H3. The summed E-state index contributed by atoms with van der Waals surface area (Å²) in [5.41, 5.74) is 2.37. The van der Waals surface area contributed by atoms with Crippen LogP contribution in [-0.2, 0) is 13.1 Å². The summed E-state index contributed by atoms with van der Waals surface area (Å²) in [6, 6.07) is 6.40. The summed E-state index contributed by atoms with van der Waals surface area (Å²) in [6.07, 6.45) is 4.08. The Kier molecular flexibility index (Phi) is 5.80. The Morgan fingerprint density at radius 3 is 2.74 bits per heavy atom. The van der Waals surface area contributed by atoms with Crippen molar-refractivity contribution < 1.29 is 0 Å². The topological polar surface area (TPSA) is 28.2 Å². The monoisotopic (exact) mass is 261 g/mol. The molecule has 1 heterocycles. The molecule has 0 aromatic carbocycles. The summed E-state index contributed by atoms with van der Waals surface area (Å²) in [5.74, 6) is 0.955. The summed E-state index contributed by atoms with van der Waals surface area (Å²) >= 11 is 0. The van der Waals surface area contributed by atoms with E-state index in [2.05, 4.69) is 42.3 Å². The lowest BCUT2D eigenvalue weighted by atomic mass is 10.2. The lowest BCUT2D eigenvalue weighted by Crippen LogP contribution is -2.27. The number of rotatable bonds is 9. The summed E-state index contributed by atoms with van der Waals surface area (Å²) in [4.78, 5) is 7.32. The van der Waals surface area contributed by atoms with Gasteiger partial charge in [-0.05, 0) is 50.4 Å². The van der Waals surface area contributed by atoms with Crippen molar-refractivity contribution in [1.29, 1.82) is 0 Å². The van der Waals surface area contributed by atoms with Gasteiger partial charge < -0.3 is 5.32 Å². The molecular formula is C16H27N3. The van der Waals surface area contributed by atoms with Gasteiger partial charge in [0.15, 0.2) is 0 Å². The Labute approximate surface area is 117 Å². The molecule has 1 fully saturated rings. The third-order valence-electron chi connectivity index (χ3n) is 3.56. The molecule has 0 radical (unpaired) electrons. The van der Waals surface area contributed by atoms with Crippen molar-refractivity contribution in [3.05, 3.63) is 29.6 Å². The highest BCUT2D eigenvalue weighted by molar-refractivity contribution is 5.11. The SMILES string of the molecule is CCCN(Cc1cccc(CNCC)n1)CC1CC1. The zero-order valence-corrected chi connectivity index (χ0v) is 12.4. The first kappa shape index (κ1) is 14.5. The molecule has 0 unspecified atom stereocenters. The van der Waals surface area contributed by atoms with E-state index in [1.54, 1.807) is 0 Å². The van der Waals surface area contributed by atoms with Crippen molar-refractivity contribution in [3.8, 4) is 0 Å². The molecule has 0 aliphatic heterocycles. The smallest absolute Gasteiger partial charge is 0.0547 e. The maximum absolute atomic E-state index is 4.76. The highest BCUT2D eigenvalue weighted by Crippen LogP contribution is 2.30. The van der Waals surface area contributed by atoms with E-state index < -0.39 is 0 Å². The molecular weight excluding hydrogens is 234 g/mol. The molecule has 0 atom stereocenters. The lowest BCUT2D eigenvalue weighted by Gasteiger charge is -2.21. The minimum Gasteiger partial charge on any atom is -0.311 e. The number of hydrogen-bond donors (Lipinski definition) is 1. The lowest BCUT2D eigenvalue weighted by molar-refractivity contribution is 0.252. The van der Waals surface area contributed by atoms with Crippen LogP contribution in [0.1, 0.15) is 44.5 Å². The van der Waals surface area contributed by atoms with Gasteiger partial charge >= 0.3 is 0 Å². The summed E-state index contributed by atoms with van der Waals surface area (Å²) in [7, 11) is 0. The van der Waals surface area contributed by atoms with Crippen LogP contribution in [0.2, 0.25) is 0 Å². The van der Waals surface area contributed by atoms with Gasteiger partial charge in [-0.25, -0.2) is 0 Å². The van der Waals surface area contributed by atoms with E-state index in [0.717, 1.165) is 31.2 Å². The first-order valence-corrected chi connectivity index (χ1v) is 7.69. The van der Waals surface area contributed by atoms with Gasteiger partial charge in [-0.2, -0.15) is 0 Å². The highest BCUT2D eigenvalue weighted by Gasteiger charge is 2.24. The number of nitrogens with zero attached hydrogens (tertiary/aromatic N) is 2. The van der Waals surface area contributed by atoms with E-state index in [1.807, 2.05) is 0 Å². The Hall–Kier alpha value is -0.930. The van der Waals surface area contributed by atoms with Crippen LogP contribution in [0, 0.1) is 5.92 Å². The van der Waals surface area contributed by atoms with Crippen molar-refractivity contribution >= 4 is 0 Å². The average Bonchev–Trinajstić information content (AvgIpc) is 3.21. The summed E-state index contributed by atoms with van der Waals surface area (Å²) in [6.45, 7) is 9.71. The molecule has 1 N–H and O–H groups in total. The second-order valence-electron chi connectivity index (χ2n) is 5.58. The molecule has 0 amide bonds. The second-order valence-corrected chi connectivity index (χ2v) is 5.58. The molecule has 19 heavy (non-hydrogen) atoms. The van der Waals surface area contributed by atoms with Gasteiger partial charge in [0, 0.05) is 19.6 Å². The highest BCUT2D eigenvalue weighted by atomic mass is 15.1. The van der Waals surface area contributed by atoms with Gasteiger partial charge in [0.05, 0.1) is 11.4 Å². The minimum absolute atomic E-state index is 0.876. The normalized spacial score (nSPS) is 15.1. The van der Waals surface area contributed by atoms with Crippen LogP contribution in [0.25, 0.3) is 0 Å². The largest absolute Gasteiger partial charge is 0.311 e. The third-order valence-corrected chi connectivity index (χ3v) is 3.56. The first-order valence-electron chi connectivity index (χ1n) is 7.69. The average molecular weight is 261 g/mol. The molecule has 3 nitrogen and oxygen atoms in total. The van der Waals surface area contributed by atoms with Crippen molar-refractivity contribution in [2.75, 3.05) is 19.6 Å². The minimum atomic E-state index is 0.876. The van der Waals surface area contributed by atoms with Gasteiger partial charge in [-0.3, -0.25) is 9.88 Å². The number of hydrogen-bond acceptors (Lipinski definition) is 3. The molecule has 1 aromatic rings. The molecule has 0 saturated heterocycles. The van der Waals surface area contributed by atoms with E-state index in [0.29, 0.717) is 0 Å². The van der Waals surface area contributed by atoms with E-state index >= 15 is 0 Å². The van der Waals surface area contributed by atoms with Gasteiger partial charge in [0.25, 0.3) is 0 Å². The molecule has 1 saturated carbocycles. The Bertz CT molecular complexity index is 374. The predicted molar refractivity (Wildman–Crippen MR) is 79.9 cm³/mol. The van der Waals surface area contributed by atoms with Crippen molar-refractivity contribution in [3.63, 3.8) is 0 Å². The van der Waals surface area contributed by atoms with Gasteiger partial charge in [-0.15, -0.1) is 0 Å². The van der Waals surface area contributed by atoms with Crippen LogP contribution in [0.4, 0.5) is 0 Å². The Balaban J connectivity index is 1.90. The predicted octanol–water partition coefficient (Wildman–Crippen LogP) is 2.81. The van der Waals surface area contributed by atoms with Gasteiger partial charge in [-0.1, -0.05) is 19.9 Å². The fourth-order valence-electron chi connectivity index (χ4n) is 2.41. The Morgan fingerprint density at radius 2 is 2.05 bits per heavy atom. The number of pyridine rings is 1. The fourth-order valence-corrected chi connectivity index (χ4v) is 2.41. The van der Waals surface area contributed by atoms with Crippen LogP contribution in [0.3, 0.4) is 0 Å². The van der Waals surface area contributed by atoms with Crippen LogP contribution in [0.5, 0.6) is 0 Å². The van der Waals surface area contributed by atoms with Gasteiger partial charge in [0.2, 0.25) is 0 Å². The fraction of sp³-hybridized carbons (Fsp3) is 0.688. The zero-order valence-electron chi connectivity index (χ0n) is 12.4. The first-order chi connectivity index (χ1) is 9.31. The molecule has 0 spiro atoms. The molecule has 1 aliphatic rings. The van der Waals surface area contributed by atoms with E-state index in [9.17, 15) is 0 Å². The van der Waals surface area contributed by atoms with Crippen LogP contribution in [0.15, 0.2) is 18.2 Å². The Morgan fingerprint density at radius 1 is 1.26 bits per heavy atom. The van der Waals surface area contributed by atoms with Crippen LogP contribution >= 0.6 is 0 Å². The molecule has 0 bridgehead atoms. The van der Waals surface area contributed by atoms with Crippen molar-refractivity contribution in [2.45, 2.75) is 46.2 Å². The van der Waals surface area contributed by atoms with E-state index in [-0.39, 0.29) is 0 Å². The maximum Gasteiger partial charge on any atom is 0.0547 e. The summed E-state index contributed by atoms with van der Waals surface area (Å²) in [5, 5.41) is 3.34. The van der Waals surface area contributed by atoms with E-state index in [1.165, 1.54) is 38.0 Å². The maximum atomic E-state index is 4.76. The molecule has 2 rings (SSSR count). The van der Waals surface area contributed by atoms with Crippen LogP contribution < -0.4 is 5.32 Å². The van der Waals surface area contributed by atoms with Crippen molar-refractivity contribution in [2.24, 2.45) is 5.92 Å². The van der Waals surface area contributed by atoms with Crippen LogP contribution in [-0.4, -0.2) is 29.5 Å². The third kappa shape index (κ3) is 5.29. The summed E-state index contributed by atoms with van der Waals surface area (Å²) < 4.78 is 0. The molecule has 3 heteroatoms. The second kappa shape index (κ2) is 7.61. The van der Waals surface area contributed by atoms with Crippen molar-refractivity contribution in [1.82, 2.24) is 15.2 Å². The zero-order chi connectivity index (χ0) is 13.5. The molecule has 1 aromatic heterocycles. The number of nitrogens with one attached hydrogen (secondary N) is 1. The van der Waals surface area contributed by atoms with E-state index in [4.69, 9.17) is 4.98 Å². The molecule has 106 valence electrons. The number of aromatic nitrogens is 1. The molecule has 1 aliphatic carbocycles.